The van der Waals surface area contributed by atoms with E-state index in [1.54, 1.807) is 6.20 Å². The Morgan fingerprint density at radius 1 is 1.32 bits per heavy atom. The molecule has 4 nitrogen and oxygen atoms in total. The molecule has 1 amide bonds. The number of nitrogens with one attached hydrogen (secondary N) is 2. The second kappa shape index (κ2) is 6.78. The number of fused-ring (bicyclic) bond motifs is 1. The zero-order valence-corrected chi connectivity index (χ0v) is 13.6. The van der Waals surface area contributed by atoms with Gasteiger partial charge in [0.1, 0.15) is 0 Å². The summed E-state index contributed by atoms with van der Waals surface area (Å²) in [4.78, 5) is 16.5. The van der Waals surface area contributed by atoms with Crippen LogP contribution in [0.25, 0.3) is 0 Å². The number of hydrogen-bond donors (Lipinski definition) is 2. The topological polar surface area (TPSA) is 54.0 Å². The molecule has 1 aliphatic heterocycles. The van der Waals surface area contributed by atoms with Crippen molar-refractivity contribution in [2.24, 2.45) is 23.7 Å². The van der Waals surface area contributed by atoms with Crippen molar-refractivity contribution >= 4 is 5.91 Å². The highest BCUT2D eigenvalue weighted by Gasteiger charge is 2.41. The summed E-state index contributed by atoms with van der Waals surface area (Å²) in [5.74, 6) is 2.40. The number of carbonyl (C=O) groups is 1. The molecule has 2 N–H and O–H groups in total. The first-order chi connectivity index (χ1) is 10.6. The minimum Gasteiger partial charge on any atom is -0.353 e. The Morgan fingerprint density at radius 3 is 2.95 bits per heavy atom. The fraction of sp³-hybridized carbons (Fsp3) is 0.667. The van der Waals surface area contributed by atoms with Gasteiger partial charge in [0.25, 0.3) is 0 Å². The predicted molar refractivity (Wildman–Crippen MR) is 87.0 cm³/mol. The van der Waals surface area contributed by atoms with E-state index in [2.05, 4.69) is 35.5 Å². The standard InChI is InChI=1S/C18H27N3O/c1-12-6-13(2)17-15(7-12)8-16(18(22)21-17)11-20-10-14-4-3-5-19-9-14/h3-5,9,12-13,15-17,20H,6-8,10-11H2,1-2H3,(H,21,22). The summed E-state index contributed by atoms with van der Waals surface area (Å²) in [7, 11) is 0. The third-order valence-electron chi connectivity index (χ3n) is 5.31. The Morgan fingerprint density at radius 2 is 2.18 bits per heavy atom. The van der Waals surface area contributed by atoms with E-state index in [1.807, 2.05) is 12.3 Å². The highest BCUT2D eigenvalue weighted by atomic mass is 16.2. The molecule has 120 valence electrons. The predicted octanol–water partition coefficient (Wildman–Crippen LogP) is 2.36. The monoisotopic (exact) mass is 301 g/mol. The Balaban J connectivity index is 1.53. The van der Waals surface area contributed by atoms with Crippen LogP contribution in [0.3, 0.4) is 0 Å². The third kappa shape index (κ3) is 3.49. The molecule has 1 aliphatic carbocycles. The lowest BCUT2D eigenvalue weighted by atomic mass is 9.68. The molecule has 2 aliphatic rings. The van der Waals surface area contributed by atoms with Crippen LogP contribution in [0, 0.1) is 23.7 Å². The number of piperidine rings is 1. The van der Waals surface area contributed by atoms with Crippen molar-refractivity contribution in [2.75, 3.05) is 6.54 Å². The summed E-state index contributed by atoms with van der Waals surface area (Å²) >= 11 is 0. The zero-order chi connectivity index (χ0) is 15.5. The molecular formula is C18H27N3O. The molecule has 1 aromatic heterocycles. The first-order valence-corrected chi connectivity index (χ1v) is 8.53. The molecule has 1 saturated carbocycles. The van der Waals surface area contributed by atoms with Crippen LogP contribution in [0.4, 0.5) is 0 Å². The van der Waals surface area contributed by atoms with Crippen molar-refractivity contribution in [3.05, 3.63) is 30.1 Å². The van der Waals surface area contributed by atoms with Gasteiger partial charge in [0.15, 0.2) is 0 Å². The van der Waals surface area contributed by atoms with Crippen LogP contribution in [0.15, 0.2) is 24.5 Å². The average Bonchev–Trinajstić information content (AvgIpc) is 2.50. The van der Waals surface area contributed by atoms with Crippen molar-refractivity contribution in [3.8, 4) is 0 Å². The molecular weight excluding hydrogens is 274 g/mol. The summed E-state index contributed by atoms with van der Waals surface area (Å²) in [5.41, 5.74) is 1.16. The Labute approximate surface area is 133 Å². The van der Waals surface area contributed by atoms with Gasteiger partial charge in [-0.3, -0.25) is 9.78 Å². The van der Waals surface area contributed by atoms with Gasteiger partial charge < -0.3 is 10.6 Å². The molecule has 0 spiro atoms. The Hall–Kier alpha value is -1.42. The normalized spacial score (nSPS) is 34.8. The number of nitrogens with zero attached hydrogens (tertiary/aromatic N) is 1. The highest BCUT2D eigenvalue weighted by molar-refractivity contribution is 5.80. The lowest BCUT2D eigenvalue weighted by molar-refractivity contribution is -0.131. The molecule has 4 heteroatoms. The second-order valence-electron chi connectivity index (χ2n) is 7.27. The third-order valence-corrected chi connectivity index (χ3v) is 5.31. The van der Waals surface area contributed by atoms with Gasteiger partial charge in [0, 0.05) is 31.5 Å². The summed E-state index contributed by atoms with van der Waals surface area (Å²) in [5, 5.41) is 6.72. The molecule has 0 radical (unpaired) electrons. The maximum atomic E-state index is 12.4. The Bertz CT molecular complexity index is 504. The molecule has 3 rings (SSSR count). The van der Waals surface area contributed by atoms with Gasteiger partial charge in [-0.05, 0) is 48.6 Å². The van der Waals surface area contributed by atoms with Crippen molar-refractivity contribution < 1.29 is 4.79 Å². The van der Waals surface area contributed by atoms with E-state index < -0.39 is 0 Å². The second-order valence-corrected chi connectivity index (χ2v) is 7.27. The van der Waals surface area contributed by atoms with Crippen LogP contribution < -0.4 is 10.6 Å². The number of rotatable bonds is 4. The smallest absolute Gasteiger partial charge is 0.224 e. The van der Waals surface area contributed by atoms with Crippen LogP contribution in [0.5, 0.6) is 0 Å². The minimum atomic E-state index is 0.107. The van der Waals surface area contributed by atoms with Crippen LogP contribution >= 0.6 is 0 Å². The van der Waals surface area contributed by atoms with Crippen molar-refractivity contribution in [2.45, 2.75) is 45.7 Å². The van der Waals surface area contributed by atoms with Crippen LogP contribution in [0.2, 0.25) is 0 Å². The van der Waals surface area contributed by atoms with Crippen LogP contribution in [-0.2, 0) is 11.3 Å². The molecule has 1 aromatic rings. The average molecular weight is 301 g/mol. The van der Waals surface area contributed by atoms with Crippen molar-refractivity contribution in [1.82, 2.24) is 15.6 Å². The van der Waals surface area contributed by atoms with E-state index >= 15 is 0 Å². The Kier molecular flexibility index (Phi) is 4.77. The zero-order valence-electron chi connectivity index (χ0n) is 13.6. The molecule has 22 heavy (non-hydrogen) atoms. The molecule has 2 heterocycles. The van der Waals surface area contributed by atoms with Crippen molar-refractivity contribution in [1.29, 1.82) is 0 Å². The molecule has 1 saturated heterocycles. The summed E-state index contributed by atoms with van der Waals surface area (Å²) in [6.07, 6.45) is 7.18. The molecule has 2 fully saturated rings. The van der Waals surface area contributed by atoms with Gasteiger partial charge in [-0.15, -0.1) is 0 Å². The van der Waals surface area contributed by atoms with Crippen LogP contribution in [0.1, 0.15) is 38.7 Å². The van der Waals surface area contributed by atoms with E-state index in [0.29, 0.717) is 17.9 Å². The lowest BCUT2D eigenvalue weighted by Gasteiger charge is -2.45. The summed E-state index contributed by atoms with van der Waals surface area (Å²) < 4.78 is 0. The quantitative estimate of drug-likeness (QED) is 0.897. The maximum absolute atomic E-state index is 12.4. The SMILES string of the molecule is CC1CC(C)C2NC(=O)C(CNCc3cccnc3)CC2C1. The minimum absolute atomic E-state index is 0.107. The summed E-state index contributed by atoms with van der Waals surface area (Å²) in [6.45, 7) is 6.17. The van der Waals surface area contributed by atoms with Crippen molar-refractivity contribution in [3.63, 3.8) is 0 Å². The number of pyridine rings is 1. The maximum Gasteiger partial charge on any atom is 0.224 e. The first kappa shape index (κ1) is 15.5. The largest absolute Gasteiger partial charge is 0.353 e. The van der Waals surface area contributed by atoms with E-state index in [1.165, 1.54) is 12.8 Å². The van der Waals surface area contributed by atoms with E-state index in [-0.39, 0.29) is 11.8 Å². The number of aromatic nitrogens is 1. The highest BCUT2D eigenvalue weighted by Crippen LogP contribution is 2.39. The van der Waals surface area contributed by atoms with Gasteiger partial charge in [-0.25, -0.2) is 0 Å². The molecule has 0 aromatic carbocycles. The molecule has 0 bridgehead atoms. The summed E-state index contributed by atoms with van der Waals surface area (Å²) in [6, 6.07) is 4.40. The number of amides is 1. The fourth-order valence-corrected chi connectivity index (χ4v) is 4.33. The lowest BCUT2D eigenvalue weighted by Crippen LogP contribution is -2.56. The van der Waals surface area contributed by atoms with Crippen LogP contribution in [-0.4, -0.2) is 23.5 Å². The van der Waals surface area contributed by atoms with Gasteiger partial charge in [-0.1, -0.05) is 19.9 Å². The fourth-order valence-electron chi connectivity index (χ4n) is 4.33. The number of hydrogen-bond acceptors (Lipinski definition) is 3. The van der Waals surface area contributed by atoms with E-state index in [9.17, 15) is 4.79 Å². The van der Waals surface area contributed by atoms with Gasteiger partial charge >= 0.3 is 0 Å². The van der Waals surface area contributed by atoms with E-state index in [0.717, 1.165) is 31.0 Å². The van der Waals surface area contributed by atoms with Gasteiger partial charge in [-0.2, -0.15) is 0 Å². The molecule has 5 unspecified atom stereocenters. The number of carbonyl (C=O) groups excluding carboxylic acids is 1. The van der Waals surface area contributed by atoms with Gasteiger partial charge in [0.2, 0.25) is 5.91 Å². The van der Waals surface area contributed by atoms with E-state index in [4.69, 9.17) is 0 Å². The van der Waals surface area contributed by atoms with Gasteiger partial charge in [0.05, 0.1) is 5.92 Å². The first-order valence-electron chi connectivity index (χ1n) is 8.53. The molecule has 5 atom stereocenters.